The summed E-state index contributed by atoms with van der Waals surface area (Å²) in [5.41, 5.74) is 3.12. The third-order valence-corrected chi connectivity index (χ3v) is 7.14. The number of aliphatic hydroxyl groups is 1. The Morgan fingerprint density at radius 1 is 0.756 bits per heavy atom. The molecule has 0 bridgehead atoms. The zero-order valence-electron chi connectivity index (χ0n) is 23.1. The Labute approximate surface area is 238 Å². The molecule has 4 aromatic rings. The van der Waals surface area contributed by atoms with E-state index in [9.17, 15) is 13.9 Å². The van der Waals surface area contributed by atoms with E-state index in [2.05, 4.69) is 6.58 Å². The van der Waals surface area contributed by atoms with Crippen LogP contribution in [0, 0.1) is 23.3 Å². The summed E-state index contributed by atoms with van der Waals surface area (Å²) < 4.78 is 64.6. The van der Waals surface area contributed by atoms with E-state index in [0.29, 0.717) is 30.4 Å². The molecule has 41 heavy (non-hydrogen) atoms. The number of halogens is 4. The van der Waals surface area contributed by atoms with Crippen molar-refractivity contribution in [3.63, 3.8) is 0 Å². The average Bonchev–Trinajstić information content (AvgIpc) is 2.99. The molecule has 6 heteroatoms. The second-order valence-corrected chi connectivity index (χ2v) is 10.0. The molecule has 1 unspecified atom stereocenters. The summed E-state index contributed by atoms with van der Waals surface area (Å²) in [4.78, 5) is 0. The standard InChI is InChI=1S/C35H34F4O2/c1-3-5-6-22-41-31-21-18-27(32(36)35(31)39)13-10-23-8-11-24(12-9-23)28-19-20-29(34(38)33(28)37)25-14-16-26(17-15-25)30(40)7-4-2/h3,8-9,11-12,14-21,30,40H,1,4-7,10,13,22H2,2H3. The highest BCUT2D eigenvalue weighted by Crippen LogP contribution is 2.33. The second kappa shape index (κ2) is 14.1. The molecule has 1 atom stereocenters. The maximum atomic E-state index is 15.1. The fourth-order valence-electron chi connectivity index (χ4n) is 4.74. The highest BCUT2D eigenvalue weighted by molar-refractivity contribution is 5.72. The predicted molar refractivity (Wildman–Crippen MR) is 156 cm³/mol. The fraction of sp³-hybridized carbons (Fsp3) is 0.257. The number of benzene rings is 4. The zero-order valence-corrected chi connectivity index (χ0v) is 23.1. The van der Waals surface area contributed by atoms with E-state index < -0.39 is 29.4 Å². The first-order valence-corrected chi connectivity index (χ1v) is 13.9. The summed E-state index contributed by atoms with van der Waals surface area (Å²) >= 11 is 0. The average molecular weight is 563 g/mol. The molecule has 1 N–H and O–H groups in total. The van der Waals surface area contributed by atoms with Crippen LogP contribution in [-0.2, 0) is 12.8 Å². The van der Waals surface area contributed by atoms with Crippen molar-refractivity contribution in [3.05, 3.63) is 125 Å². The van der Waals surface area contributed by atoms with Crippen molar-refractivity contribution in [1.29, 1.82) is 0 Å². The second-order valence-electron chi connectivity index (χ2n) is 10.0. The van der Waals surface area contributed by atoms with Crippen molar-refractivity contribution in [2.24, 2.45) is 0 Å². The van der Waals surface area contributed by atoms with E-state index in [1.807, 2.05) is 6.92 Å². The predicted octanol–water partition coefficient (Wildman–Crippen LogP) is 9.54. The van der Waals surface area contributed by atoms with Crippen LogP contribution in [0.5, 0.6) is 5.75 Å². The molecule has 0 aliphatic carbocycles. The van der Waals surface area contributed by atoms with Crippen molar-refractivity contribution >= 4 is 0 Å². The van der Waals surface area contributed by atoms with Gasteiger partial charge in [-0.1, -0.05) is 86.2 Å². The van der Waals surface area contributed by atoms with Crippen LogP contribution < -0.4 is 4.74 Å². The summed E-state index contributed by atoms with van der Waals surface area (Å²) in [5, 5.41) is 10.2. The first-order valence-electron chi connectivity index (χ1n) is 13.9. The van der Waals surface area contributed by atoms with Crippen LogP contribution in [0.4, 0.5) is 17.6 Å². The van der Waals surface area contributed by atoms with E-state index in [0.717, 1.165) is 24.0 Å². The zero-order chi connectivity index (χ0) is 29.4. The minimum absolute atomic E-state index is 0.109. The molecular formula is C35H34F4O2. The van der Waals surface area contributed by atoms with Crippen LogP contribution in [-0.4, -0.2) is 11.7 Å². The Hall–Kier alpha value is -3.90. The minimum atomic E-state index is -0.998. The number of unbranched alkanes of at least 4 members (excludes halogenated alkanes) is 1. The molecule has 0 spiro atoms. The van der Waals surface area contributed by atoms with Crippen molar-refractivity contribution < 1.29 is 27.4 Å². The molecule has 0 aliphatic heterocycles. The lowest BCUT2D eigenvalue weighted by molar-refractivity contribution is 0.166. The van der Waals surface area contributed by atoms with Gasteiger partial charge in [-0.15, -0.1) is 6.58 Å². The van der Waals surface area contributed by atoms with E-state index in [1.54, 1.807) is 66.7 Å². The molecule has 0 fully saturated rings. The van der Waals surface area contributed by atoms with Crippen LogP contribution >= 0.6 is 0 Å². The number of hydrogen-bond donors (Lipinski definition) is 1. The van der Waals surface area contributed by atoms with Gasteiger partial charge < -0.3 is 9.84 Å². The van der Waals surface area contributed by atoms with E-state index in [4.69, 9.17) is 4.74 Å². The molecule has 4 rings (SSSR count). The van der Waals surface area contributed by atoms with Gasteiger partial charge in [0.25, 0.3) is 0 Å². The number of hydrogen-bond acceptors (Lipinski definition) is 2. The van der Waals surface area contributed by atoms with Crippen molar-refractivity contribution in [2.75, 3.05) is 6.61 Å². The van der Waals surface area contributed by atoms with E-state index in [-0.39, 0.29) is 35.5 Å². The molecule has 0 heterocycles. The smallest absolute Gasteiger partial charge is 0.200 e. The van der Waals surface area contributed by atoms with Gasteiger partial charge in [0.2, 0.25) is 5.82 Å². The first-order chi connectivity index (χ1) is 19.8. The van der Waals surface area contributed by atoms with E-state index >= 15 is 8.78 Å². The van der Waals surface area contributed by atoms with Crippen LogP contribution in [0.25, 0.3) is 22.3 Å². The van der Waals surface area contributed by atoms with Crippen molar-refractivity contribution in [2.45, 2.75) is 51.6 Å². The molecule has 0 aromatic heterocycles. The Morgan fingerprint density at radius 3 is 1.95 bits per heavy atom. The van der Waals surface area contributed by atoms with Gasteiger partial charge in [0, 0.05) is 11.1 Å². The summed E-state index contributed by atoms with van der Waals surface area (Å²) in [6.45, 7) is 5.88. The Kier molecular flexibility index (Phi) is 10.4. The lowest BCUT2D eigenvalue weighted by atomic mass is 9.96. The van der Waals surface area contributed by atoms with E-state index in [1.165, 1.54) is 12.1 Å². The minimum Gasteiger partial charge on any atom is -0.490 e. The lowest BCUT2D eigenvalue weighted by Crippen LogP contribution is -2.03. The van der Waals surface area contributed by atoms with Crippen LogP contribution in [0.3, 0.4) is 0 Å². The molecule has 0 amide bonds. The SMILES string of the molecule is C=CCCCOc1ccc(CCc2ccc(-c3ccc(-c4ccc(C(O)CCC)cc4)c(F)c3F)cc2)c(F)c1F. The Morgan fingerprint density at radius 2 is 1.37 bits per heavy atom. The van der Waals surface area contributed by atoms with Crippen molar-refractivity contribution in [1.82, 2.24) is 0 Å². The maximum Gasteiger partial charge on any atom is 0.200 e. The maximum absolute atomic E-state index is 15.1. The van der Waals surface area contributed by atoms with Crippen LogP contribution in [0.15, 0.2) is 85.5 Å². The van der Waals surface area contributed by atoms with Gasteiger partial charge in [0.05, 0.1) is 12.7 Å². The number of allylic oxidation sites excluding steroid dienone is 1. The summed E-state index contributed by atoms with van der Waals surface area (Å²) in [6, 6.07) is 19.8. The third kappa shape index (κ3) is 7.25. The van der Waals surface area contributed by atoms with Crippen LogP contribution in [0.1, 0.15) is 55.4 Å². The van der Waals surface area contributed by atoms with Gasteiger partial charge in [-0.25, -0.2) is 13.2 Å². The highest BCUT2D eigenvalue weighted by atomic mass is 19.2. The summed E-state index contributed by atoms with van der Waals surface area (Å²) in [5.74, 6) is -3.92. The molecule has 2 nitrogen and oxygen atoms in total. The molecule has 0 saturated carbocycles. The topological polar surface area (TPSA) is 29.5 Å². The molecule has 4 aromatic carbocycles. The van der Waals surface area contributed by atoms with Crippen LogP contribution in [0.2, 0.25) is 0 Å². The van der Waals surface area contributed by atoms with Gasteiger partial charge in [0.15, 0.2) is 23.2 Å². The number of rotatable bonds is 13. The van der Waals surface area contributed by atoms with Crippen molar-refractivity contribution in [3.8, 4) is 28.0 Å². The largest absolute Gasteiger partial charge is 0.490 e. The number of ether oxygens (including phenoxy) is 1. The lowest BCUT2D eigenvalue weighted by Gasteiger charge is -2.12. The normalized spacial score (nSPS) is 11.9. The fourth-order valence-corrected chi connectivity index (χ4v) is 4.74. The van der Waals surface area contributed by atoms with Gasteiger partial charge in [-0.2, -0.15) is 4.39 Å². The molecule has 0 saturated heterocycles. The molecule has 0 radical (unpaired) electrons. The summed E-state index contributed by atoms with van der Waals surface area (Å²) in [6.07, 6.45) is 4.73. The molecule has 0 aliphatic rings. The monoisotopic (exact) mass is 562 g/mol. The molecular weight excluding hydrogens is 528 g/mol. The van der Waals surface area contributed by atoms with Gasteiger partial charge in [-0.05, 0) is 66.0 Å². The third-order valence-electron chi connectivity index (χ3n) is 7.14. The highest BCUT2D eigenvalue weighted by Gasteiger charge is 2.17. The van der Waals surface area contributed by atoms with Gasteiger partial charge >= 0.3 is 0 Å². The molecule has 214 valence electrons. The number of aryl methyl sites for hydroxylation is 2. The quantitative estimate of drug-likeness (QED) is 0.0999. The number of aliphatic hydroxyl groups excluding tert-OH is 1. The van der Waals surface area contributed by atoms with Gasteiger partial charge in [-0.3, -0.25) is 0 Å². The Balaban J connectivity index is 1.43. The Bertz CT molecular complexity index is 1460. The summed E-state index contributed by atoms with van der Waals surface area (Å²) in [7, 11) is 0. The first kappa shape index (κ1) is 30.1. The van der Waals surface area contributed by atoms with Gasteiger partial charge in [0.1, 0.15) is 0 Å².